The van der Waals surface area contributed by atoms with Crippen LogP contribution in [0.2, 0.25) is 0 Å². The van der Waals surface area contributed by atoms with Crippen LogP contribution < -0.4 is 0 Å². The molecule has 0 heterocycles. The van der Waals surface area contributed by atoms with Crippen molar-refractivity contribution in [3.05, 3.63) is 35.4 Å². The highest BCUT2D eigenvalue weighted by atomic mass is 16.5. The molecule has 0 radical (unpaired) electrons. The number of benzene rings is 1. The summed E-state index contributed by atoms with van der Waals surface area (Å²) in [6.45, 7) is 24.6. The quantitative estimate of drug-likeness (QED) is 0.109. The average Bonchev–Trinajstić information content (AvgIpc) is 3.83. The van der Waals surface area contributed by atoms with E-state index < -0.39 is 0 Å². The molecule has 66 heavy (non-hydrogen) atoms. The SMILES string of the molecule is C#CCC[C@@]1(C)[C@H](OC(=O)c2ccc(C(=O)O[C@@H]3CC[C@@H]4[C@H](CC[C@]5(C)[C@@H]([C@H](C)CCCC(C)C)CC[C@@H]45)[C@@]3(C)CCC#C)cc2)CC[C@@H]2[C@@H]1CC[C@]1(C)[C@@H]([C@H](C)CCCC(C)C)CC[C@@H]21. The molecule has 0 saturated heterocycles. The Hall–Kier alpha value is -2.72. The number of ether oxygens (including phenoxy) is 2. The van der Waals surface area contributed by atoms with E-state index in [1.54, 1.807) is 24.3 Å². The van der Waals surface area contributed by atoms with Gasteiger partial charge >= 0.3 is 11.9 Å². The summed E-state index contributed by atoms with van der Waals surface area (Å²) >= 11 is 0. The molecule has 0 spiro atoms. The van der Waals surface area contributed by atoms with Crippen LogP contribution in [-0.4, -0.2) is 24.1 Å². The Labute approximate surface area is 404 Å². The highest BCUT2D eigenvalue weighted by Crippen LogP contribution is 2.68. The van der Waals surface area contributed by atoms with Crippen molar-refractivity contribution in [3.63, 3.8) is 0 Å². The maximum Gasteiger partial charge on any atom is 0.338 e. The van der Waals surface area contributed by atoms with Crippen LogP contribution in [0.1, 0.15) is 231 Å². The fourth-order valence-electron chi connectivity index (χ4n) is 17.8. The largest absolute Gasteiger partial charge is 0.458 e. The smallest absolute Gasteiger partial charge is 0.338 e. The molecule has 366 valence electrons. The van der Waals surface area contributed by atoms with Crippen LogP contribution in [0.15, 0.2) is 24.3 Å². The minimum Gasteiger partial charge on any atom is -0.458 e. The van der Waals surface area contributed by atoms with Crippen LogP contribution in [0.3, 0.4) is 0 Å². The van der Waals surface area contributed by atoms with Gasteiger partial charge in [0.2, 0.25) is 0 Å². The van der Waals surface area contributed by atoms with Gasteiger partial charge in [-0.1, -0.05) is 108 Å². The van der Waals surface area contributed by atoms with Crippen molar-refractivity contribution < 1.29 is 19.1 Å². The van der Waals surface area contributed by atoms with Gasteiger partial charge in [-0.15, -0.1) is 24.7 Å². The van der Waals surface area contributed by atoms with E-state index in [1.165, 1.54) is 89.9 Å². The Morgan fingerprint density at radius 1 is 0.545 bits per heavy atom. The molecule has 7 rings (SSSR count). The van der Waals surface area contributed by atoms with E-state index in [0.29, 0.717) is 58.5 Å². The van der Waals surface area contributed by atoms with Crippen LogP contribution in [0.5, 0.6) is 0 Å². The molecule has 6 aliphatic carbocycles. The number of carbonyl (C=O) groups is 2. The normalized spacial score (nSPS) is 39.1. The van der Waals surface area contributed by atoms with Crippen LogP contribution in [0.25, 0.3) is 0 Å². The van der Waals surface area contributed by atoms with Crippen LogP contribution in [0.4, 0.5) is 0 Å². The fourth-order valence-corrected chi connectivity index (χ4v) is 17.8. The molecule has 6 aliphatic rings. The predicted octanol–water partition coefficient (Wildman–Crippen LogP) is 16.2. The molecule has 0 unspecified atom stereocenters. The van der Waals surface area contributed by atoms with Gasteiger partial charge in [0, 0.05) is 23.7 Å². The van der Waals surface area contributed by atoms with E-state index in [1.807, 2.05) is 0 Å². The monoisotopic (exact) mass is 903 g/mol. The molecule has 0 amide bonds. The Bertz CT molecular complexity index is 1750. The first-order valence-electron chi connectivity index (χ1n) is 27.8. The maximum absolute atomic E-state index is 14.1. The molecular weight excluding hydrogens is 809 g/mol. The molecule has 0 aliphatic heterocycles. The summed E-state index contributed by atoms with van der Waals surface area (Å²) in [5.74, 6) is 13.8. The molecule has 0 N–H and O–H groups in total. The third kappa shape index (κ3) is 9.99. The number of esters is 2. The zero-order valence-electron chi connectivity index (χ0n) is 43.7. The molecule has 4 nitrogen and oxygen atoms in total. The number of terminal acetylenes is 2. The highest BCUT2D eigenvalue weighted by molar-refractivity contribution is 5.93. The zero-order chi connectivity index (χ0) is 47.6. The van der Waals surface area contributed by atoms with Crippen molar-refractivity contribution >= 4 is 11.9 Å². The van der Waals surface area contributed by atoms with Crippen molar-refractivity contribution in [3.8, 4) is 24.7 Å². The second-order valence-electron chi connectivity index (χ2n) is 25.8. The lowest BCUT2D eigenvalue weighted by molar-refractivity contribution is -0.135. The van der Waals surface area contributed by atoms with Crippen molar-refractivity contribution in [1.82, 2.24) is 0 Å². The van der Waals surface area contributed by atoms with Gasteiger partial charge in [-0.25, -0.2) is 9.59 Å². The summed E-state index contributed by atoms with van der Waals surface area (Å²) in [6, 6.07) is 7.08. The summed E-state index contributed by atoms with van der Waals surface area (Å²) < 4.78 is 13.2. The number of rotatable bonds is 18. The molecule has 1 aromatic rings. The summed E-state index contributed by atoms with van der Waals surface area (Å²) in [6.07, 6.45) is 37.1. The summed E-state index contributed by atoms with van der Waals surface area (Å²) in [7, 11) is 0. The van der Waals surface area contributed by atoms with Gasteiger partial charge in [0.1, 0.15) is 12.2 Å². The lowest BCUT2D eigenvalue weighted by atomic mass is 9.47. The summed E-state index contributed by atoms with van der Waals surface area (Å²) in [5.41, 5.74) is 1.46. The molecule has 0 aromatic heterocycles. The van der Waals surface area contributed by atoms with Gasteiger partial charge < -0.3 is 9.47 Å². The van der Waals surface area contributed by atoms with Crippen molar-refractivity contribution in [2.75, 3.05) is 0 Å². The first-order chi connectivity index (χ1) is 31.4. The molecule has 6 saturated carbocycles. The topological polar surface area (TPSA) is 52.6 Å². The minimum atomic E-state index is -0.300. The number of hydrogen-bond donors (Lipinski definition) is 0. The number of carbonyl (C=O) groups excluding carboxylic acids is 2. The van der Waals surface area contributed by atoms with Crippen molar-refractivity contribution in [2.45, 2.75) is 223 Å². The third-order valence-corrected chi connectivity index (χ3v) is 21.4. The second-order valence-corrected chi connectivity index (χ2v) is 25.8. The van der Waals surface area contributed by atoms with Gasteiger partial charge in [-0.05, 0) is 196 Å². The molecule has 16 atom stereocenters. The lowest BCUT2D eigenvalue weighted by Crippen LogP contribution is -2.55. The van der Waals surface area contributed by atoms with Crippen LogP contribution in [0, 0.1) is 117 Å². The van der Waals surface area contributed by atoms with Crippen LogP contribution >= 0.6 is 0 Å². The molecule has 1 aromatic carbocycles. The van der Waals surface area contributed by atoms with Gasteiger partial charge in [0.05, 0.1) is 11.1 Å². The predicted molar refractivity (Wildman–Crippen MR) is 272 cm³/mol. The third-order valence-electron chi connectivity index (χ3n) is 21.4. The average molecular weight is 903 g/mol. The molecule has 6 fully saturated rings. The van der Waals surface area contributed by atoms with E-state index in [0.717, 1.165) is 85.9 Å². The van der Waals surface area contributed by atoms with Gasteiger partial charge in [-0.3, -0.25) is 0 Å². The first kappa shape index (κ1) is 51.1. The van der Waals surface area contributed by atoms with Gasteiger partial charge in [-0.2, -0.15) is 0 Å². The van der Waals surface area contributed by atoms with Crippen molar-refractivity contribution in [1.29, 1.82) is 0 Å². The maximum atomic E-state index is 14.1. The van der Waals surface area contributed by atoms with E-state index in [-0.39, 0.29) is 35.0 Å². The summed E-state index contributed by atoms with van der Waals surface area (Å²) in [4.78, 5) is 28.1. The standard InChI is InChI=1S/C62H94O4/c1-13-15-37-61(11)53-35-39-59(9)49(43(7)21-17-19-41(3)4)29-31-51(59)47(53)27-33-55(61)65-57(63)45-23-25-46(26-24-45)58(64)66-56-34-28-48-52-32-30-50(44(8)22-18-20-42(5)6)60(52,10)40-36-54(48)62(56,12)38-16-14-2/h1-2,23-26,41-44,47-56H,15-22,27-40H2,3-12H3/t43-,44-,47+,48+,49-,50-,51+,52+,53+,54+,55-,56-,59-,60-,61-,62-/m1/s1. The van der Waals surface area contributed by atoms with E-state index in [9.17, 15) is 9.59 Å². The molecule has 4 heteroatoms. The highest BCUT2D eigenvalue weighted by Gasteiger charge is 2.62. The van der Waals surface area contributed by atoms with Gasteiger partial charge in [0.15, 0.2) is 0 Å². The zero-order valence-corrected chi connectivity index (χ0v) is 43.7. The summed E-state index contributed by atoms with van der Waals surface area (Å²) in [5, 5.41) is 0. The minimum absolute atomic E-state index is 0.163. The van der Waals surface area contributed by atoms with Crippen molar-refractivity contribution in [2.24, 2.45) is 92.7 Å². The lowest BCUT2D eigenvalue weighted by Gasteiger charge is -2.59. The Kier molecular flexibility index (Phi) is 16.3. The van der Waals surface area contributed by atoms with Crippen LogP contribution in [-0.2, 0) is 9.47 Å². The van der Waals surface area contributed by atoms with E-state index in [4.69, 9.17) is 22.3 Å². The van der Waals surface area contributed by atoms with E-state index in [2.05, 4.69) is 81.1 Å². The van der Waals surface area contributed by atoms with Gasteiger partial charge in [0.25, 0.3) is 0 Å². The first-order valence-corrected chi connectivity index (χ1v) is 27.8. The fraction of sp³-hybridized carbons (Fsp3) is 0.806. The second kappa shape index (κ2) is 21.1. The molecular formula is C62H94O4. The Balaban J connectivity index is 0.984. The Morgan fingerprint density at radius 2 is 0.924 bits per heavy atom. The van der Waals surface area contributed by atoms with E-state index >= 15 is 0 Å². The molecule has 0 bridgehead atoms. The number of hydrogen-bond acceptors (Lipinski definition) is 4. The Morgan fingerprint density at radius 3 is 1.27 bits per heavy atom. The number of fused-ring (bicyclic) bond motifs is 6.